The summed E-state index contributed by atoms with van der Waals surface area (Å²) in [5.74, 6) is 0. The molecule has 1 rings (SSSR count). The summed E-state index contributed by atoms with van der Waals surface area (Å²) in [6, 6.07) is 5.78. The fraction of sp³-hybridized carbons (Fsp3) is 0.455. The molecule has 96 valence electrons. The van der Waals surface area contributed by atoms with Crippen LogP contribution in [0, 0.1) is 15.5 Å². The molecule has 0 unspecified atom stereocenters. The average Bonchev–Trinajstić information content (AvgIpc) is 2.28. The second kappa shape index (κ2) is 5.95. The summed E-state index contributed by atoms with van der Waals surface area (Å²) in [7, 11) is 0. The van der Waals surface area contributed by atoms with Crippen LogP contribution in [-0.4, -0.2) is 16.6 Å². The Kier molecular flexibility index (Phi) is 5.54. The monoisotopic (exact) mass is 260 g/mol. The molecule has 17 heavy (non-hydrogen) atoms. The normalized spacial score (nSPS) is 12.7. The van der Waals surface area contributed by atoms with Gasteiger partial charge in [0.15, 0.2) is 0 Å². The largest absolute Gasteiger partial charge is 0.396 e. The summed E-state index contributed by atoms with van der Waals surface area (Å²) in [6.45, 7) is 3.42. The van der Waals surface area contributed by atoms with Gasteiger partial charge in [0.05, 0.1) is 4.92 Å². The predicted octanol–water partition coefficient (Wildman–Crippen LogP) is 2.03. The lowest BCUT2D eigenvalue weighted by molar-refractivity contribution is -0.385. The molecule has 0 fully saturated rings. The summed E-state index contributed by atoms with van der Waals surface area (Å²) in [5.41, 5.74) is 5.81. The van der Waals surface area contributed by atoms with Crippen LogP contribution >= 0.6 is 12.4 Å². The van der Waals surface area contributed by atoms with Gasteiger partial charge in [-0.05, 0) is 0 Å². The molecule has 0 spiro atoms. The Morgan fingerprint density at radius 2 is 2.00 bits per heavy atom. The lowest BCUT2D eigenvalue weighted by atomic mass is 9.81. The minimum Gasteiger partial charge on any atom is -0.396 e. The van der Waals surface area contributed by atoms with Gasteiger partial charge >= 0.3 is 0 Å². The Hall–Kier alpha value is -1.17. The summed E-state index contributed by atoms with van der Waals surface area (Å²) in [6.07, 6.45) is 0. The highest BCUT2D eigenvalue weighted by Crippen LogP contribution is 2.35. The number of nitrogens with two attached hydrogens (primary N) is 1. The summed E-state index contributed by atoms with van der Waals surface area (Å²) in [5, 5.41) is 20.0. The molecule has 0 aromatic heterocycles. The van der Waals surface area contributed by atoms with Gasteiger partial charge in [-0.2, -0.15) is 0 Å². The molecule has 1 atom stereocenters. The van der Waals surface area contributed by atoms with Crippen molar-refractivity contribution in [1.82, 2.24) is 0 Å². The first-order valence-corrected chi connectivity index (χ1v) is 5.00. The van der Waals surface area contributed by atoms with Gasteiger partial charge in [-0.15, -0.1) is 12.4 Å². The maximum Gasteiger partial charge on any atom is 0.274 e. The number of halogens is 1. The SMILES string of the molecule is CC(C)(CO)[C@@H](N)c1ccccc1[N+](=O)[O-].Cl. The Labute approximate surface area is 106 Å². The van der Waals surface area contributed by atoms with E-state index in [4.69, 9.17) is 5.73 Å². The Bertz CT molecular complexity index is 396. The van der Waals surface area contributed by atoms with Crippen molar-refractivity contribution >= 4 is 18.1 Å². The second-order valence-electron chi connectivity index (χ2n) is 4.44. The molecule has 6 heteroatoms. The first-order chi connectivity index (χ1) is 7.40. The zero-order valence-corrected chi connectivity index (χ0v) is 10.6. The Morgan fingerprint density at radius 1 is 1.47 bits per heavy atom. The van der Waals surface area contributed by atoms with E-state index in [1.54, 1.807) is 32.0 Å². The van der Waals surface area contributed by atoms with Crippen molar-refractivity contribution in [1.29, 1.82) is 0 Å². The molecule has 0 aliphatic heterocycles. The van der Waals surface area contributed by atoms with E-state index >= 15 is 0 Å². The van der Waals surface area contributed by atoms with Gasteiger partial charge in [0.1, 0.15) is 0 Å². The molecular weight excluding hydrogens is 244 g/mol. The lowest BCUT2D eigenvalue weighted by Crippen LogP contribution is -2.32. The zero-order chi connectivity index (χ0) is 12.3. The van der Waals surface area contributed by atoms with Crippen LogP contribution in [0.3, 0.4) is 0 Å². The minimum absolute atomic E-state index is 0. The van der Waals surface area contributed by atoms with Crippen molar-refractivity contribution in [3.05, 3.63) is 39.9 Å². The van der Waals surface area contributed by atoms with Gasteiger partial charge in [0.25, 0.3) is 5.69 Å². The standard InChI is InChI=1S/C11H16N2O3.ClH/c1-11(2,7-14)10(12)8-5-3-4-6-9(8)13(15)16;/h3-6,10,14H,7,12H2,1-2H3;1H/t10-;/m0./s1. The van der Waals surface area contributed by atoms with Crippen LogP contribution < -0.4 is 5.73 Å². The number of rotatable bonds is 4. The molecule has 0 saturated heterocycles. The van der Waals surface area contributed by atoms with Crippen LogP contribution in [-0.2, 0) is 0 Å². The third-order valence-corrected chi connectivity index (χ3v) is 2.72. The van der Waals surface area contributed by atoms with Crippen LogP contribution in [0.25, 0.3) is 0 Å². The van der Waals surface area contributed by atoms with Gasteiger partial charge in [0, 0.05) is 29.7 Å². The molecule has 0 saturated carbocycles. The number of nitro groups is 1. The topological polar surface area (TPSA) is 89.4 Å². The average molecular weight is 261 g/mol. The van der Waals surface area contributed by atoms with Gasteiger partial charge in [-0.3, -0.25) is 10.1 Å². The smallest absolute Gasteiger partial charge is 0.274 e. The van der Waals surface area contributed by atoms with Crippen molar-refractivity contribution < 1.29 is 10.0 Å². The van der Waals surface area contributed by atoms with Crippen LogP contribution in [0.15, 0.2) is 24.3 Å². The molecule has 3 N–H and O–H groups in total. The number of nitro benzene ring substituents is 1. The van der Waals surface area contributed by atoms with Crippen LogP contribution in [0.5, 0.6) is 0 Å². The molecule has 0 bridgehead atoms. The number of hydrogen-bond donors (Lipinski definition) is 2. The van der Waals surface area contributed by atoms with Crippen molar-refractivity contribution in [2.24, 2.45) is 11.1 Å². The third-order valence-electron chi connectivity index (χ3n) is 2.72. The highest BCUT2D eigenvalue weighted by atomic mass is 35.5. The fourth-order valence-electron chi connectivity index (χ4n) is 1.44. The molecule has 0 heterocycles. The summed E-state index contributed by atoms with van der Waals surface area (Å²) in [4.78, 5) is 10.4. The van der Waals surface area contributed by atoms with Crippen LogP contribution in [0.4, 0.5) is 5.69 Å². The van der Waals surface area contributed by atoms with E-state index < -0.39 is 16.4 Å². The number of hydrogen-bond acceptors (Lipinski definition) is 4. The van der Waals surface area contributed by atoms with Crippen molar-refractivity contribution in [3.63, 3.8) is 0 Å². The molecule has 0 aliphatic rings. The maximum atomic E-state index is 10.8. The second-order valence-corrected chi connectivity index (χ2v) is 4.44. The molecule has 1 aromatic carbocycles. The van der Waals surface area contributed by atoms with E-state index in [2.05, 4.69) is 0 Å². The predicted molar refractivity (Wildman–Crippen MR) is 68.1 cm³/mol. The molecule has 0 amide bonds. The quantitative estimate of drug-likeness (QED) is 0.640. The highest BCUT2D eigenvalue weighted by molar-refractivity contribution is 5.85. The van der Waals surface area contributed by atoms with Gasteiger partial charge < -0.3 is 10.8 Å². The molecule has 1 aromatic rings. The van der Waals surface area contributed by atoms with Gasteiger partial charge in [-0.1, -0.05) is 32.0 Å². The van der Waals surface area contributed by atoms with E-state index in [1.165, 1.54) is 6.07 Å². The van der Waals surface area contributed by atoms with Gasteiger partial charge in [0.2, 0.25) is 0 Å². The number of aliphatic hydroxyl groups is 1. The first-order valence-electron chi connectivity index (χ1n) is 5.00. The summed E-state index contributed by atoms with van der Waals surface area (Å²) >= 11 is 0. The zero-order valence-electron chi connectivity index (χ0n) is 9.79. The van der Waals surface area contributed by atoms with E-state index in [1.807, 2.05) is 0 Å². The number of nitrogens with zero attached hydrogens (tertiary/aromatic N) is 1. The van der Waals surface area contributed by atoms with E-state index in [0.717, 1.165) is 0 Å². The summed E-state index contributed by atoms with van der Waals surface area (Å²) < 4.78 is 0. The first kappa shape index (κ1) is 15.8. The molecule has 0 radical (unpaired) electrons. The van der Waals surface area contributed by atoms with Crippen LogP contribution in [0.1, 0.15) is 25.5 Å². The van der Waals surface area contributed by atoms with Crippen molar-refractivity contribution in [3.8, 4) is 0 Å². The minimum atomic E-state index is -0.591. The molecule has 5 nitrogen and oxygen atoms in total. The molecule has 0 aliphatic carbocycles. The van der Waals surface area contributed by atoms with Crippen molar-refractivity contribution in [2.75, 3.05) is 6.61 Å². The van der Waals surface area contributed by atoms with E-state index in [9.17, 15) is 15.2 Å². The van der Waals surface area contributed by atoms with Crippen molar-refractivity contribution in [2.45, 2.75) is 19.9 Å². The number of para-hydroxylation sites is 1. The number of benzene rings is 1. The fourth-order valence-corrected chi connectivity index (χ4v) is 1.44. The lowest BCUT2D eigenvalue weighted by Gasteiger charge is -2.29. The highest BCUT2D eigenvalue weighted by Gasteiger charge is 2.31. The Morgan fingerprint density at radius 3 is 2.47 bits per heavy atom. The molecular formula is C11H17ClN2O3. The Balaban J connectivity index is 0.00000256. The van der Waals surface area contributed by atoms with Gasteiger partial charge in [-0.25, -0.2) is 0 Å². The number of aliphatic hydroxyl groups excluding tert-OH is 1. The van der Waals surface area contributed by atoms with E-state index in [0.29, 0.717) is 5.56 Å². The maximum absolute atomic E-state index is 10.8. The van der Waals surface area contributed by atoms with Crippen LogP contribution in [0.2, 0.25) is 0 Å². The third kappa shape index (κ3) is 3.39. The van der Waals surface area contributed by atoms with E-state index in [-0.39, 0.29) is 24.7 Å².